The molecule has 4 heteroatoms. The van der Waals surface area contributed by atoms with Crippen molar-refractivity contribution in [3.8, 4) is 0 Å². The van der Waals surface area contributed by atoms with Crippen molar-refractivity contribution in [1.82, 2.24) is 10.3 Å². The number of rotatable bonds is 5. The standard InChI is InChI=1S/C12H18N2O2/c1-4-7-14-12(2,11(15)16-3)10-5-8-13-9-6-10/h5-6,8-9,14H,4,7H2,1-3H3. The molecule has 1 aromatic rings. The fourth-order valence-corrected chi connectivity index (χ4v) is 1.56. The molecule has 0 aliphatic heterocycles. The van der Waals surface area contributed by atoms with Crippen molar-refractivity contribution in [3.05, 3.63) is 30.1 Å². The lowest BCUT2D eigenvalue weighted by molar-refractivity contribution is -0.148. The Morgan fingerprint density at radius 1 is 1.50 bits per heavy atom. The Morgan fingerprint density at radius 2 is 2.12 bits per heavy atom. The highest BCUT2D eigenvalue weighted by Gasteiger charge is 2.35. The molecular weight excluding hydrogens is 204 g/mol. The van der Waals surface area contributed by atoms with Crippen LogP contribution in [0.1, 0.15) is 25.8 Å². The summed E-state index contributed by atoms with van der Waals surface area (Å²) in [7, 11) is 1.40. The summed E-state index contributed by atoms with van der Waals surface area (Å²) >= 11 is 0. The molecule has 1 unspecified atom stereocenters. The Bertz CT molecular complexity index is 340. The molecule has 0 fully saturated rings. The molecule has 16 heavy (non-hydrogen) atoms. The third-order valence-corrected chi connectivity index (χ3v) is 2.58. The molecule has 0 aliphatic carbocycles. The molecule has 0 aliphatic rings. The molecule has 1 rings (SSSR count). The number of esters is 1. The predicted molar refractivity (Wildman–Crippen MR) is 61.9 cm³/mol. The second kappa shape index (κ2) is 5.61. The van der Waals surface area contributed by atoms with E-state index in [9.17, 15) is 4.79 Å². The van der Waals surface area contributed by atoms with Gasteiger partial charge in [0.1, 0.15) is 5.54 Å². The molecule has 88 valence electrons. The number of carbonyl (C=O) groups excluding carboxylic acids is 1. The number of aromatic nitrogens is 1. The van der Waals surface area contributed by atoms with E-state index < -0.39 is 5.54 Å². The van der Waals surface area contributed by atoms with Gasteiger partial charge in [0.05, 0.1) is 7.11 Å². The lowest BCUT2D eigenvalue weighted by Gasteiger charge is -2.28. The summed E-state index contributed by atoms with van der Waals surface area (Å²) in [5, 5.41) is 3.21. The lowest BCUT2D eigenvalue weighted by atomic mass is 9.93. The number of pyridine rings is 1. The molecule has 1 atom stereocenters. The molecule has 0 saturated heterocycles. The molecule has 1 N–H and O–H groups in total. The van der Waals surface area contributed by atoms with Gasteiger partial charge in [-0.05, 0) is 37.6 Å². The van der Waals surface area contributed by atoms with Crippen LogP contribution in [0.25, 0.3) is 0 Å². The molecule has 0 amide bonds. The molecule has 0 bridgehead atoms. The van der Waals surface area contributed by atoms with Gasteiger partial charge in [-0.25, -0.2) is 4.79 Å². The summed E-state index contributed by atoms with van der Waals surface area (Å²) in [6, 6.07) is 3.64. The van der Waals surface area contributed by atoms with Crippen molar-refractivity contribution in [1.29, 1.82) is 0 Å². The van der Waals surface area contributed by atoms with Gasteiger partial charge < -0.3 is 4.74 Å². The summed E-state index contributed by atoms with van der Waals surface area (Å²) in [4.78, 5) is 15.8. The van der Waals surface area contributed by atoms with E-state index in [0.29, 0.717) is 0 Å². The maximum atomic E-state index is 11.8. The summed E-state index contributed by atoms with van der Waals surface area (Å²) < 4.78 is 4.84. The van der Waals surface area contributed by atoms with Gasteiger partial charge in [-0.1, -0.05) is 6.92 Å². The van der Waals surface area contributed by atoms with Gasteiger partial charge in [-0.3, -0.25) is 10.3 Å². The van der Waals surface area contributed by atoms with Gasteiger partial charge in [-0.15, -0.1) is 0 Å². The predicted octanol–water partition coefficient (Wildman–Crippen LogP) is 1.47. The van der Waals surface area contributed by atoms with Crippen LogP contribution in [0.4, 0.5) is 0 Å². The second-order valence-corrected chi connectivity index (χ2v) is 3.78. The molecule has 4 nitrogen and oxygen atoms in total. The van der Waals surface area contributed by atoms with Gasteiger partial charge in [0.2, 0.25) is 0 Å². The van der Waals surface area contributed by atoms with E-state index in [1.165, 1.54) is 7.11 Å². The minimum atomic E-state index is -0.798. The minimum Gasteiger partial charge on any atom is -0.467 e. The van der Waals surface area contributed by atoms with Crippen LogP contribution in [-0.2, 0) is 15.1 Å². The SMILES string of the molecule is CCCNC(C)(C(=O)OC)c1ccncc1. The van der Waals surface area contributed by atoms with E-state index in [1.807, 2.05) is 19.1 Å². The maximum Gasteiger partial charge on any atom is 0.330 e. The van der Waals surface area contributed by atoms with Crippen molar-refractivity contribution >= 4 is 5.97 Å². The van der Waals surface area contributed by atoms with Gasteiger partial charge in [0, 0.05) is 12.4 Å². The van der Waals surface area contributed by atoms with Crippen LogP contribution in [0.15, 0.2) is 24.5 Å². The summed E-state index contributed by atoms with van der Waals surface area (Å²) in [6.07, 6.45) is 4.30. The Hall–Kier alpha value is -1.42. The molecule has 0 aromatic carbocycles. The van der Waals surface area contributed by atoms with Crippen molar-refractivity contribution in [2.45, 2.75) is 25.8 Å². The largest absolute Gasteiger partial charge is 0.467 e. The van der Waals surface area contributed by atoms with Gasteiger partial charge in [0.25, 0.3) is 0 Å². The third-order valence-electron chi connectivity index (χ3n) is 2.58. The number of nitrogens with zero attached hydrogens (tertiary/aromatic N) is 1. The number of methoxy groups -OCH3 is 1. The Labute approximate surface area is 96.0 Å². The van der Waals surface area contributed by atoms with Crippen LogP contribution in [0.2, 0.25) is 0 Å². The monoisotopic (exact) mass is 222 g/mol. The number of hydrogen-bond acceptors (Lipinski definition) is 4. The summed E-state index contributed by atoms with van der Waals surface area (Å²) in [5.41, 5.74) is 0.0658. The van der Waals surface area contributed by atoms with Crippen LogP contribution >= 0.6 is 0 Å². The van der Waals surface area contributed by atoms with E-state index in [4.69, 9.17) is 4.74 Å². The molecule has 0 spiro atoms. The first-order valence-electron chi connectivity index (χ1n) is 5.39. The Morgan fingerprint density at radius 3 is 2.62 bits per heavy atom. The average molecular weight is 222 g/mol. The van der Waals surface area contributed by atoms with Crippen molar-refractivity contribution in [3.63, 3.8) is 0 Å². The van der Waals surface area contributed by atoms with E-state index in [-0.39, 0.29) is 5.97 Å². The topological polar surface area (TPSA) is 51.2 Å². The number of hydrogen-bond donors (Lipinski definition) is 1. The first-order valence-corrected chi connectivity index (χ1v) is 5.39. The highest BCUT2D eigenvalue weighted by molar-refractivity contribution is 5.82. The summed E-state index contributed by atoms with van der Waals surface area (Å²) in [6.45, 7) is 4.63. The number of nitrogens with one attached hydrogen (secondary N) is 1. The van der Waals surface area contributed by atoms with E-state index in [2.05, 4.69) is 17.2 Å². The van der Waals surface area contributed by atoms with Crippen molar-refractivity contribution in [2.75, 3.05) is 13.7 Å². The van der Waals surface area contributed by atoms with Crippen LogP contribution in [0.5, 0.6) is 0 Å². The molecule has 0 saturated carbocycles. The fraction of sp³-hybridized carbons (Fsp3) is 0.500. The zero-order chi connectivity index (χ0) is 12.0. The van der Waals surface area contributed by atoms with Crippen LogP contribution in [-0.4, -0.2) is 24.6 Å². The first kappa shape index (κ1) is 12.6. The quantitative estimate of drug-likeness (QED) is 0.766. The lowest BCUT2D eigenvalue weighted by Crippen LogP contribution is -2.47. The average Bonchev–Trinajstić information content (AvgIpc) is 2.36. The number of ether oxygens (including phenoxy) is 1. The van der Waals surface area contributed by atoms with Crippen LogP contribution in [0, 0.1) is 0 Å². The highest BCUT2D eigenvalue weighted by Crippen LogP contribution is 2.21. The van der Waals surface area contributed by atoms with Gasteiger partial charge >= 0.3 is 5.97 Å². The van der Waals surface area contributed by atoms with E-state index in [1.54, 1.807) is 12.4 Å². The third kappa shape index (κ3) is 2.58. The first-order chi connectivity index (χ1) is 7.65. The zero-order valence-corrected chi connectivity index (χ0v) is 9.99. The molecule has 1 heterocycles. The van der Waals surface area contributed by atoms with E-state index >= 15 is 0 Å². The van der Waals surface area contributed by atoms with E-state index in [0.717, 1.165) is 18.5 Å². The zero-order valence-electron chi connectivity index (χ0n) is 9.99. The Balaban J connectivity index is 2.99. The van der Waals surface area contributed by atoms with Crippen LogP contribution in [0.3, 0.4) is 0 Å². The number of carbonyl (C=O) groups is 1. The minimum absolute atomic E-state index is 0.285. The second-order valence-electron chi connectivity index (χ2n) is 3.78. The van der Waals surface area contributed by atoms with Crippen molar-refractivity contribution in [2.24, 2.45) is 0 Å². The van der Waals surface area contributed by atoms with Gasteiger partial charge in [-0.2, -0.15) is 0 Å². The highest BCUT2D eigenvalue weighted by atomic mass is 16.5. The summed E-state index contributed by atoms with van der Waals surface area (Å²) in [5.74, 6) is -0.285. The van der Waals surface area contributed by atoms with Crippen LogP contribution < -0.4 is 5.32 Å². The van der Waals surface area contributed by atoms with Crippen molar-refractivity contribution < 1.29 is 9.53 Å². The Kier molecular flexibility index (Phi) is 4.43. The molecule has 0 radical (unpaired) electrons. The maximum absolute atomic E-state index is 11.8. The van der Waals surface area contributed by atoms with Gasteiger partial charge in [0.15, 0.2) is 0 Å². The fourth-order valence-electron chi connectivity index (χ4n) is 1.56. The molecule has 1 aromatic heterocycles. The normalized spacial score (nSPS) is 14.2. The smallest absolute Gasteiger partial charge is 0.330 e. The molecular formula is C12H18N2O2.